The average Bonchev–Trinajstić information content (AvgIpc) is 2.76. The van der Waals surface area contributed by atoms with Crippen LogP contribution in [0.3, 0.4) is 0 Å². The van der Waals surface area contributed by atoms with E-state index < -0.39 is 0 Å². The molecule has 1 aliphatic rings. The van der Waals surface area contributed by atoms with E-state index in [1.54, 1.807) is 0 Å². The summed E-state index contributed by atoms with van der Waals surface area (Å²) >= 11 is 3.63. The smallest absolute Gasteiger partial charge is 0.0696 e. The van der Waals surface area contributed by atoms with Gasteiger partial charge in [0.2, 0.25) is 0 Å². The number of likely N-dealkylation sites (N-methyl/N-ethyl adjacent to an activating group) is 1. The predicted molar refractivity (Wildman–Crippen MR) is 86.5 cm³/mol. The lowest BCUT2D eigenvalue weighted by atomic mass is 9.78. The van der Waals surface area contributed by atoms with Crippen LogP contribution in [-0.4, -0.2) is 35.3 Å². The molecule has 2 rings (SSSR count). The Morgan fingerprint density at radius 1 is 1.50 bits per heavy atom. The zero-order valence-electron chi connectivity index (χ0n) is 12.8. The topological polar surface area (TPSA) is 47.1 Å². The Hall–Kier alpha value is -0.390. The molecule has 0 amide bonds. The Bertz CT molecular complexity index is 430. The van der Waals surface area contributed by atoms with E-state index in [1.807, 2.05) is 6.20 Å². The molecule has 1 aromatic rings. The van der Waals surface area contributed by atoms with Gasteiger partial charge in [0.05, 0.1) is 29.0 Å². The fourth-order valence-electron chi connectivity index (χ4n) is 3.21. The van der Waals surface area contributed by atoms with Crippen molar-refractivity contribution in [3.63, 3.8) is 0 Å². The van der Waals surface area contributed by atoms with Gasteiger partial charge in [-0.2, -0.15) is 5.10 Å². The lowest BCUT2D eigenvalue weighted by Crippen LogP contribution is -2.30. The number of hydrogen-bond donors (Lipinski definition) is 1. The fraction of sp³-hybridized carbons (Fsp3) is 0.800. The van der Waals surface area contributed by atoms with E-state index in [0.717, 1.165) is 23.5 Å². The summed E-state index contributed by atoms with van der Waals surface area (Å²) in [6.45, 7) is 4.22. The van der Waals surface area contributed by atoms with Crippen molar-refractivity contribution in [3.8, 4) is 0 Å². The van der Waals surface area contributed by atoms with Gasteiger partial charge >= 0.3 is 0 Å². The minimum absolute atomic E-state index is 0.0942. The normalized spacial score (nSPS) is 25.1. The van der Waals surface area contributed by atoms with Crippen LogP contribution in [0.2, 0.25) is 0 Å². The first-order valence-corrected chi connectivity index (χ1v) is 8.40. The molecule has 1 saturated carbocycles. The van der Waals surface area contributed by atoms with Crippen molar-refractivity contribution in [1.29, 1.82) is 0 Å². The van der Waals surface area contributed by atoms with Gasteiger partial charge in [0.25, 0.3) is 0 Å². The first kappa shape index (κ1) is 16.0. The fourth-order valence-corrected chi connectivity index (χ4v) is 3.77. The van der Waals surface area contributed by atoms with Gasteiger partial charge in [0.15, 0.2) is 0 Å². The molecule has 3 atom stereocenters. The van der Waals surface area contributed by atoms with Gasteiger partial charge in [-0.15, -0.1) is 0 Å². The number of rotatable bonds is 5. The average molecular weight is 343 g/mol. The summed E-state index contributed by atoms with van der Waals surface area (Å²) in [5, 5.41) is 4.49. The standard InChI is InChI=1S/C15H27BrN4/c1-11-5-4-6-12(9-11)14(17)15-13(16)10-18-20(15)8-7-19(2)3/h10-12,14H,4-9,17H2,1-3H3. The molecule has 1 aromatic heterocycles. The number of nitrogens with zero attached hydrogens (tertiary/aromatic N) is 3. The molecule has 2 N–H and O–H groups in total. The molecule has 0 radical (unpaired) electrons. The molecule has 1 heterocycles. The molecular weight excluding hydrogens is 316 g/mol. The summed E-state index contributed by atoms with van der Waals surface area (Å²) in [4.78, 5) is 2.17. The maximum Gasteiger partial charge on any atom is 0.0696 e. The Kier molecular flexibility index (Phi) is 5.64. The molecular formula is C15H27BrN4. The van der Waals surface area contributed by atoms with E-state index in [-0.39, 0.29) is 6.04 Å². The van der Waals surface area contributed by atoms with Crippen LogP contribution >= 0.6 is 15.9 Å². The second kappa shape index (κ2) is 7.05. The van der Waals surface area contributed by atoms with Crippen LogP contribution in [0.25, 0.3) is 0 Å². The predicted octanol–water partition coefficient (Wildman–Crippen LogP) is 3.03. The molecule has 0 bridgehead atoms. The van der Waals surface area contributed by atoms with E-state index in [1.165, 1.54) is 31.4 Å². The van der Waals surface area contributed by atoms with Crippen molar-refractivity contribution < 1.29 is 0 Å². The third-order valence-electron chi connectivity index (χ3n) is 4.39. The highest BCUT2D eigenvalue weighted by Gasteiger charge is 2.28. The third kappa shape index (κ3) is 3.83. The Labute approximate surface area is 130 Å². The Balaban J connectivity index is 2.11. The van der Waals surface area contributed by atoms with Crippen molar-refractivity contribution in [1.82, 2.24) is 14.7 Å². The second-order valence-corrected chi connectivity index (χ2v) is 7.32. The van der Waals surface area contributed by atoms with Gasteiger partial charge in [0, 0.05) is 6.54 Å². The Morgan fingerprint density at radius 2 is 2.25 bits per heavy atom. The number of halogens is 1. The first-order valence-electron chi connectivity index (χ1n) is 7.60. The second-order valence-electron chi connectivity index (χ2n) is 6.46. The highest BCUT2D eigenvalue weighted by atomic mass is 79.9. The van der Waals surface area contributed by atoms with Gasteiger partial charge in [-0.05, 0) is 54.7 Å². The largest absolute Gasteiger partial charge is 0.322 e. The van der Waals surface area contributed by atoms with Crippen molar-refractivity contribution in [2.75, 3.05) is 20.6 Å². The summed E-state index contributed by atoms with van der Waals surface area (Å²) in [6.07, 6.45) is 7.04. The van der Waals surface area contributed by atoms with Crippen molar-refractivity contribution in [2.24, 2.45) is 17.6 Å². The molecule has 4 nitrogen and oxygen atoms in total. The van der Waals surface area contributed by atoms with Crippen LogP contribution in [0.1, 0.15) is 44.3 Å². The van der Waals surface area contributed by atoms with Crippen LogP contribution in [0.4, 0.5) is 0 Å². The van der Waals surface area contributed by atoms with E-state index in [0.29, 0.717) is 5.92 Å². The quantitative estimate of drug-likeness (QED) is 0.894. The number of nitrogens with two attached hydrogens (primary N) is 1. The van der Waals surface area contributed by atoms with E-state index in [9.17, 15) is 0 Å². The monoisotopic (exact) mass is 342 g/mol. The number of aromatic nitrogens is 2. The van der Waals surface area contributed by atoms with E-state index in [4.69, 9.17) is 5.73 Å². The van der Waals surface area contributed by atoms with Crippen LogP contribution in [0.5, 0.6) is 0 Å². The molecule has 20 heavy (non-hydrogen) atoms. The minimum atomic E-state index is 0.0942. The molecule has 0 spiro atoms. The van der Waals surface area contributed by atoms with Gasteiger partial charge in [-0.1, -0.05) is 19.8 Å². The molecule has 5 heteroatoms. The van der Waals surface area contributed by atoms with Crippen molar-refractivity contribution in [2.45, 2.75) is 45.2 Å². The van der Waals surface area contributed by atoms with Crippen LogP contribution in [0.15, 0.2) is 10.7 Å². The SMILES string of the molecule is CC1CCCC(C(N)c2c(Br)cnn2CCN(C)C)C1. The summed E-state index contributed by atoms with van der Waals surface area (Å²) < 4.78 is 3.13. The van der Waals surface area contributed by atoms with Gasteiger partial charge in [-0.3, -0.25) is 4.68 Å². The van der Waals surface area contributed by atoms with Crippen LogP contribution in [0, 0.1) is 11.8 Å². The van der Waals surface area contributed by atoms with Gasteiger partial charge in [0.1, 0.15) is 0 Å². The Morgan fingerprint density at radius 3 is 2.90 bits per heavy atom. The summed E-state index contributed by atoms with van der Waals surface area (Å²) in [5.74, 6) is 1.39. The molecule has 1 fully saturated rings. The van der Waals surface area contributed by atoms with Gasteiger partial charge in [-0.25, -0.2) is 0 Å². The molecule has 0 aliphatic heterocycles. The highest BCUT2D eigenvalue weighted by molar-refractivity contribution is 9.10. The molecule has 0 aromatic carbocycles. The lowest BCUT2D eigenvalue weighted by Gasteiger charge is -2.31. The van der Waals surface area contributed by atoms with Crippen molar-refractivity contribution in [3.05, 3.63) is 16.4 Å². The highest BCUT2D eigenvalue weighted by Crippen LogP contribution is 2.37. The first-order chi connectivity index (χ1) is 9.49. The van der Waals surface area contributed by atoms with E-state index in [2.05, 4.69) is 51.6 Å². The minimum Gasteiger partial charge on any atom is -0.322 e. The zero-order valence-corrected chi connectivity index (χ0v) is 14.4. The third-order valence-corrected chi connectivity index (χ3v) is 5.00. The van der Waals surface area contributed by atoms with E-state index >= 15 is 0 Å². The van der Waals surface area contributed by atoms with Crippen molar-refractivity contribution >= 4 is 15.9 Å². The molecule has 114 valence electrons. The lowest BCUT2D eigenvalue weighted by molar-refractivity contribution is 0.240. The van der Waals surface area contributed by atoms with Crippen LogP contribution < -0.4 is 5.73 Å². The number of hydrogen-bond acceptors (Lipinski definition) is 3. The molecule has 3 unspecified atom stereocenters. The summed E-state index contributed by atoms with van der Waals surface area (Å²) in [7, 11) is 4.17. The maximum atomic E-state index is 6.58. The summed E-state index contributed by atoms with van der Waals surface area (Å²) in [5.41, 5.74) is 7.75. The zero-order chi connectivity index (χ0) is 14.7. The van der Waals surface area contributed by atoms with Gasteiger partial charge < -0.3 is 10.6 Å². The van der Waals surface area contributed by atoms with Crippen LogP contribution in [-0.2, 0) is 6.54 Å². The molecule has 0 saturated heterocycles. The molecule has 1 aliphatic carbocycles. The maximum absolute atomic E-state index is 6.58. The summed E-state index contributed by atoms with van der Waals surface area (Å²) in [6, 6.07) is 0.0942.